The van der Waals surface area contributed by atoms with Crippen molar-refractivity contribution >= 4 is 27.8 Å². The molecule has 0 aliphatic rings. The second-order valence-electron chi connectivity index (χ2n) is 6.66. The van der Waals surface area contributed by atoms with Gasteiger partial charge in [-0.05, 0) is 31.0 Å². The first-order valence-electron chi connectivity index (χ1n) is 8.97. The summed E-state index contributed by atoms with van der Waals surface area (Å²) in [4.78, 5) is 22.3. The van der Waals surface area contributed by atoms with E-state index in [0.717, 1.165) is 21.7 Å². The van der Waals surface area contributed by atoms with Crippen LogP contribution < -0.4 is 16.6 Å². The smallest absolute Gasteiger partial charge is 0.264 e. The molecule has 0 radical (unpaired) electrons. The van der Waals surface area contributed by atoms with Crippen LogP contribution in [0.2, 0.25) is 0 Å². The van der Waals surface area contributed by atoms with Crippen LogP contribution in [0, 0.1) is 18.3 Å². The molecule has 144 valence electrons. The predicted octanol–water partition coefficient (Wildman–Crippen LogP) is 3.75. The van der Waals surface area contributed by atoms with Crippen LogP contribution >= 0.6 is 11.3 Å². The highest BCUT2D eigenvalue weighted by atomic mass is 32.1. The van der Waals surface area contributed by atoms with E-state index in [2.05, 4.69) is 15.3 Å². The molecule has 7 nitrogen and oxygen atoms in total. The van der Waals surface area contributed by atoms with Crippen molar-refractivity contribution in [2.24, 2.45) is 0 Å². The summed E-state index contributed by atoms with van der Waals surface area (Å²) in [5.41, 5.74) is 9.09. The van der Waals surface area contributed by atoms with Gasteiger partial charge in [-0.3, -0.25) is 9.20 Å². The maximum Gasteiger partial charge on any atom is 0.264 e. The third-order valence-corrected chi connectivity index (χ3v) is 5.78. The quantitative estimate of drug-likeness (QED) is 0.538. The molecule has 4 rings (SSSR count). The molecular formula is C21H18N6OS. The highest BCUT2D eigenvalue weighted by Crippen LogP contribution is 2.31. The molecule has 3 aromatic heterocycles. The zero-order valence-corrected chi connectivity index (χ0v) is 16.7. The van der Waals surface area contributed by atoms with E-state index >= 15 is 0 Å². The van der Waals surface area contributed by atoms with Crippen molar-refractivity contribution in [2.45, 2.75) is 19.9 Å². The van der Waals surface area contributed by atoms with Gasteiger partial charge in [-0.1, -0.05) is 30.3 Å². The van der Waals surface area contributed by atoms with Crippen molar-refractivity contribution in [3.05, 3.63) is 75.3 Å². The number of aryl methyl sites for hydroxylation is 1. The molecule has 29 heavy (non-hydrogen) atoms. The molecule has 0 aliphatic heterocycles. The average Bonchev–Trinajstić information content (AvgIpc) is 3.10. The highest BCUT2D eigenvalue weighted by Gasteiger charge is 2.21. The van der Waals surface area contributed by atoms with Gasteiger partial charge in [0.05, 0.1) is 11.6 Å². The van der Waals surface area contributed by atoms with Crippen molar-refractivity contribution in [2.75, 3.05) is 11.1 Å². The second-order valence-corrected chi connectivity index (χ2v) is 7.55. The summed E-state index contributed by atoms with van der Waals surface area (Å²) in [5, 5.41) is 14.6. The van der Waals surface area contributed by atoms with Crippen LogP contribution in [0.1, 0.15) is 29.8 Å². The van der Waals surface area contributed by atoms with E-state index in [1.54, 1.807) is 4.40 Å². The minimum atomic E-state index is -0.299. The van der Waals surface area contributed by atoms with Crippen LogP contribution in [0.25, 0.3) is 16.0 Å². The molecule has 4 aromatic rings. The van der Waals surface area contributed by atoms with Gasteiger partial charge in [0.15, 0.2) is 0 Å². The van der Waals surface area contributed by atoms with Gasteiger partial charge in [0.25, 0.3) is 5.56 Å². The minimum Gasteiger partial charge on any atom is -0.382 e. The number of nitrogens with one attached hydrogen (secondary N) is 1. The fraction of sp³-hybridized carbons (Fsp3) is 0.143. The van der Waals surface area contributed by atoms with Crippen molar-refractivity contribution in [3.63, 3.8) is 0 Å². The SMILES string of the molecule is Cc1csc2cc([C@H](C)Nc3ncnc(N)c3C#N)c(-c3ccccc3)c(=O)n12. The van der Waals surface area contributed by atoms with Crippen LogP contribution in [-0.4, -0.2) is 14.4 Å². The van der Waals surface area contributed by atoms with Crippen molar-refractivity contribution in [1.29, 1.82) is 5.26 Å². The molecule has 0 bridgehead atoms. The molecule has 3 heterocycles. The van der Waals surface area contributed by atoms with Gasteiger partial charge in [-0.2, -0.15) is 5.26 Å². The normalized spacial score (nSPS) is 11.9. The van der Waals surface area contributed by atoms with Crippen LogP contribution in [0.3, 0.4) is 0 Å². The Labute approximate surface area is 171 Å². The first-order chi connectivity index (χ1) is 14.0. The Hall–Kier alpha value is -3.70. The number of fused-ring (bicyclic) bond motifs is 1. The third kappa shape index (κ3) is 3.22. The fourth-order valence-electron chi connectivity index (χ4n) is 3.36. The molecule has 1 aromatic carbocycles. The van der Waals surface area contributed by atoms with E-state index in [0.29, 0.717) is 11.4 Å². The molecule has 0 amide bonds. The van der Waals surface area contributed by atoms with Gasteiger partial charge in [-0.15, -0.1) is 11.3 Å². The molecule has 0 unspecified atom stereocenters. The zero-order valence-electron chi connectivity index (χ0n) is 15.9. The van der Waals surface area contributed by atoms with Crippen molar-refractivity contribution in [1.82, 2.24) is 14.4 Å². The topological polar surface area (TPSA) is 109 Å². The number of thiazole rings is 1. The van der Waals surface area contributed by atoms with E-state index in [-0.39, 0.29) is 23.0 Å². The Morgan fingerprint density at radius 2 is 2.03 bits per heavy atom. The third-order valence-electron chi connectivity index (χ3n) is 4.78. The summed E-state index contributed by atoms with van der Waals surface area (Å²) >= 11 is 1.52. The largest absolute Gasteiger partial charge is 0.382 e. The van der Waals surface area contributed by atoms with E-state index in [1.165, 1.54) is 17.7 Å². The predicted molar refractivity (Wildman–Crippen MR) is 115 cm³/mol. The summed E-state index contributed by atoms with van der Waals surface area (Å²) < 4.78 is 1.73. The minimum absolute atomic E-state index is 0.0705. The number of nitrogens with zero attached hydrogens (tertiary/aromatic N) is 4. The van der Waals surface area contributed by atoms with Gasteiger partial charge in [0.2, 0.25) is 0 Å². The monoisotopic (exact) mass is 402 g/mol. The summed E-state index contributed by atoms with van der Waals surface area (Å²) in [6.45, 7) is 3.85. The summed E-state index contributed by atoms with van der Waals surface area (Å²) in [6.07, 6.45) is 1.31. The van der Waals surface area contributed by atoms with E-state index in [1.807, 2.05) is 61.7 Å². The molecule has 8 heteroatoms. The first-order valence-corrected chi connectivity index (χ1v) is 9.85. The Morgan fingerprint density at radius 1 is 1.28 bits per heavy atom. The summed E-state index contributed by atoms with van der Waals surface area (Å²) in [7, 11) is 0. The lowest BCUT2D eigenvalue weighted by atomic mass is 9.97. The number of hydrogen-bond acceptors (Lipinski definition) is 7. The zero-order chi connectivity index (χ0) is 20.5. The Kier molecular flexibility index (Phi) is 4.74. The van der Waals surface area contributed by atoms with Crippen molar-refractivity contribution in [3.8, 4) is 17.2 Å². The number of rotatable bonds is 4. The molecule has 1 atom stereocenters. The number of benzene rings is 1. The molecule has 0 saturated carbocycles. The fourth-order valence-corrected chi connectivity index (χ4v) is 4.29. The highest BCUT2D eigenvalue weighted by molar-refractivity contribution is 7.15. The Morgan fingerprint density at radius 3 is 2.76 bits per heavy atom. The molecule has 0 saturated heterocycles. The van der Waals surface area contributed by atoms with Gasteiger partial charge in [-0.25, -0.2) is 9.97 Å². The molecule has 0 fully saturated rings. The number of hydrogen-bond donors (Lipinski definition) is 2. The van der Waals surface area contributed by atoms with Gasteiger partial charge in [0.1, 0.15) is 34.4 Å². The Bertz CT molecular complexity index is 1300. The van der Waals surface area contributed by atoms with Gasteiger partial charge < -0.3 is 11.1 Å². The van der Waals surface area contributed by atoms with E-state index < -0.39 is 0 Å². The number of nitrogen functional groups attached to an aromatic ring is 1. The summed E-state index contributed by atoms with van der Waals surface area (Å²) in [6, 6.07) is 13.3. The molecule has 3 N–H and O–H groups in total. The average molecular weight is 402 g/mol. The standard InChI is InChI=1S/C21H18N6OS/c1-12-10-29-17-8-15(13(2)26-20-16(9-22)19(23)24-11-25-20)18(21(28)27(12)17)14-6-4-3-5-7-14/h3-8,10-11,13H,1-2H3,(H3,23,24,25,26)/t13-/m0/s1. The Balaban J connectivity index is 1.90. The molecule has 0 spiro atoms. The van der Waals surface area contributed by atoms with Gasteiger partial charge in [0, 0.05) is 11.1 Å². The lowest BCUT2D eigenvalue weighted by Crippen LogP contribution is -2.21. The number of nitrogens with two attached hydrogens (primary N) is 1. The maximum atomic E-state index is 13.4. The van der Waals surface area contributed by atoms with Gasteiger partial charge >= 0.3 is 0 Å². The molecular weight excluding hydrogens is 384 g/mol. The summed E-state index contributed by atoms with van der Waals surface area (Å²) in [5.74, 6) is 0.457. The van der Waals surface area contributed by atoms with E-state index in [9.17, 15) is 10.1 Å². The van der Waals surface area contributed by atoms with E-state index in [4.69, 9.17) is 5.73 Å². The first kappa shape index (κ1) is 18.7. The van der Waals surface area contributed by atoms with Crippen LogP contribution in [-0.2, 0) is 0 Å². The van der Waals surface area contributed by atoms with Crippen molar-refractivity contribution < 1.29 is 0 Å². The van der Waals surface area contributed by atoms with Crippen LogP contribution in [0.15, 0.2) is 52.9 Å². The lowest BCUT2D eigenvalue weighted by molar-refractivity contribution is 0.865. The molecule has 0 aliphatic carbocycles. The van der Waals surface area contributed by atoms with Crippen LogP contribution in [0.5, 0.6) is 0 Å². The number of anilines is 2. The lowest BCUT2D eigenvalue weighted by Gasteiger charge is -2.19. The van der Waals surface area contributed by atoms with Crippen LogP contribution in [0.4, 0.5) is 11.6 Å². The number of nitriles is 1. The maximum absolute atomic E-state index is 13.4. The number of aromatic nitrogens is 3. The number of pyridine rings is 1. The second kappa shape index (κ2) is 7.37.